The lowest BCUT2D eigenvalue weighted by atomic mass is 10.0. The molecular formula is C21H16N2O3. The lowest BCUT2D eigenvalue weighted by molar-refractivity contribution is 0.415. The summed E-state index contributed by atoms with van der Waals surface area (Å²) in [5, 5.41) is 11.3. The van der Waals surface area contributed by atoms with Crippen LogP contribution in [-0.4, -0.2) is 21.8 Å². The van der Waals surface area contributed by atoms with Gasteiger partial charge in [0.05, 0.1) is 23.7 Å². The molecule has 0 aliphatic carbocycles. The second-order valence-electron chi connectivity index (χ2n) is 5.80. The van der Waals surface area contributed by atoms with Gasteiger partial charge in [0.15, 0.2) is 5.65 Å². The van der Waals surface area contributed by atoms with E-state index in [2.05, 4.69) is 4.98 Å². The van der Waals surface area contributed by atoms with Gasteiger partial charge in [0, 0.05) is 6.20 Å². The van der Waals surface area contributed by atoms with Crippen molar-refractivity contribution in [2.24, 2.45) is 0 Å². The largest absolute Gasteiger partial charge is 0.506 e. The van der Waals surface area contributed by atoms with E-state index in [9.17, 15) is 9.90 Å². The van der Waals surface area contributed by atoms with Crippen LogP contribution in [0, 0.1) is 0 Å². The van der Waals surface area contributed by atoms with Crippen molar-refractivity contribution < 1.29 is 9.84 Å². The number of fused-ring (bicyclic) bond motifs is 1. The van der Waals surface area contributed by atoms with Gasteiger partial charge in [-0.05, 0) is 42.0 Å². The van der Waals surface area contributed by atoms with E-state index in [0.29, 0.717) is 28.0 Å². The highest BCUT2D eigenvalue weighted by Crippen LogP contribution is 2.33. The van der Waals surface area contributed by atoms with Gasteiger partial charge in [-0.1, -0.05) is 30.3 Å². The Bertz CT molecular complexity index is 1130. The van der Waals surface area contributed by atoms with Gasteiger partial charge in [0.2, 0.25) is 0 Å². The lowest BCUT2D eigenvalue weighted by Crippen LogP contribution is -2.21. The van der Waals surface area contributed by atoms with Crippen LogP contribution in [0.15, 0.2) is 77.7 Å². The number of rotatable bonds is 3. The average molecular weight is 344 g/mol. The van der Waals surface area contributed by atoms with E-state index in [1.54, 1.807) is 49.7 Å². The Balaban J connectivity index is 2.09. The smallest absolute Gasteiger partial charge is 0.268 e. The highest BCUT2D eigenvalue weighted by molar-refractivity contribution is 5.91. The zero-order chi connectivity index (χ0) is 18.1. The first-order valence-corrected chi connectivity index (χ1v) is 8.13. The molecular weight excluding hydrogens is 328 g/mol. The third-order valence-electron chi connectivity index (χ3n) is 4.30. The van der Waals surface area contributed by atoms with E-state index < -0.39 is 0 Å². The van der Waals surface area contributed by atoms with Crippen LogP contribution in [0.2, 0.25) is 0 Å². The van der Waals surface area contributed by atoms with Crippen LogP contribution >= 0.6 is 0 Å². The summed E-state index contributed by atoms with van der Waals surface area (Å²) in [7, 11) is 1.58. The van der Waals surface area contributed by atoms with Gasteiger partial charge in [-0.15, -0.1) is 0 Å². The number of benzene rings is 2. The number of ether oxygens (including phenoxy) is 1. The third-order valence-corrected chi connectivity index (χ3v) is 4.30. The SMILES string of the molecule is COc1ccc(-c2c(O)c3cccnc3n(-c3ccccc3)c2=O)cc1. The highest BCUT2D eigenvalue weighted by atomic mass is 16.5. The Kier molecular flexibility index (Phi) is 3.89. The molecule has 0 bridgehead atoms. The molecule has 0 unspecified atom stereocenters. The van der Waals surface area contributed by atoms with Crippen LogP contribution in [0.25, 0.3) is 27.8 Å². The van der Waals surface area contributed by atoms with Crippen molar-refractivity contribution in [2.75, 3.05) is 7.11 Å². The molecule has 0 amide bonds. The van der Waals surface area contributed by atoms with Crippen molar-refractivity contribution in [2.45, 2.75) is 0 Å². The molecule has 26 heavy (non-hydrogen) atoms. The average Bonchev–Trinajstić information content (AvgIpc) is 2.69. The van der Waals surface area contributed by atoms with Crippen molar-refractivity contribution in [3.05, 3.63) is 83.3 Å². The normalized spacial score (nSPS) is 10.8. The van der Waals surface area contributed by atoms with Crippen LogP contribution in [0.3, 0.4) is 0 Å². The predicted octanol–water partition coefficient (Wildman–Crippen LogP) is 3.77. The van der Waals surface area contributed by atoms with E-state index in [1.807, 2.05) is 30.3 Å². The van der Waals surface area contributed by atoms with E-state index in [-0.39, 0.29) is 16.9 Å². The first-order chi connectivity index (χ1) is 12.7. The molecule has 0 aliphatic rings. The number of methoxy groups -OCH3 is 1. The topological polar surface area (TPSA) is 64.3 Å². The molecule has 5 heteroatoms. The highest BCUT2D eigenvalue weighted by Gasteiger charge is 2.19. The molecule has 0 radical (unpaired) electrons. The number of aromatic hydroxyl groups is 1. The summed E-state index contributed by atoms with van der Waals surface area (Å²) in [6, 6.07) is 19.8. The molecule has 4 aromatic rings. The van der Waals surface area contributed by atoms with Crippen LogP contribution in [-0.2, 0) is 0 Å². The van der Waals surface area contributed by atoms with Gasteiger partial charge < -0.3 is 9.84 Å². The lowest BCUT2D eigenvalue weighted by Gasteiger charge is -2.14. The molecule has 2 aromatic heterocycles. The first kappa shape index (κ1) is 15.9. The maximum absolute atomic E-state index is 13.3. The molecule has 0 saturated carbocycles. The molecule has 0 atom stereocenters. The zero-order valence-electron chi connectivity index (χ0n) is 14.1. The Morgan fingerprint density at radius 3 is 2.38 bits per heavy atom. The van der Waals surface area contributed by atoms with Crippen molar-refractivity contribution in [1.29, 1.82) is 0 Å². The standard InChI is InChI=1S/C21H16N2O3/c1-26-16-11-9-14(10-12-16)18-19(24)17-8-5-13-22-20(17)23(21(18)25)15-6-3-2-4-7-15/h2-13,24H,1H3. The zero-order valence-corrected chi connectivity index (χ0v) is 14.1. The summed E-state index contributed by atoms with van der Waals surface area (Å²) in [5.41, 5.74) is 1.63. The fourth-order valence-electron chi connectivity index (χ4n) is 3.04. The number of pyridine rings is 2. The fraction of sp³-hybridized carbons (Fsp3) is 0.0476. The first-order valence-electron chi connectivity index (χ1n) is 8.13. The monoisotopic (exact) mass is 344 g/mol. The third kappa shape index (κ3) is 2.50. The van der Waals surface area contributed by atoms with Gasteiger partial charge >= 0.3 is 0 Å². The Morgan fingerprint density at radius 1 is 0.962 bits per heavy atom. The Hall–Kier alpha value is -3.60. The number of aromatic nitrogens is 2. The van der Waals surface area contributed by atoms with E-state index >= 15 is 0 Å². The van der Waals surface area contributed by atoms with Gasteiger partial charge in [-0.25, -0.2) is 4.98 Å². The van der Waals surface area contributed by atoms with Crippen LogP contribution in [0.4, 0.5) is 0 Å². The van der Waals surface area contributed by atoms with Gasteiger partial charge in [-0.2, -0.15) is 0 Å². The van der Waals surface area contributed by atoms with Gasteiger partial charge in [0.1, 0.15) is 11.5 Å². The maximum atomic E-state index is 13.3. The van der Waals surface area contributed by atoms with Gasteiger partial charge in [0.25, 0.3) is 5.56 Å². The van der Waals surface area contributed by atoms with Crippen LogP contribution in [0.5, 0.6) is 11.5 Å². The predicted molar refractivity (Wildman–Crippen MR) is 101 cm³/mol. The molecule has 0 saturated heterocycles. The van der Waals surface area contributed by atoms with Crippen LogP contribution < -0.4 is 10.3 Å². The summed E-state index contributed by atoms with van der Waals surface area (Å²) in [6.45, 7) is 0. The summed E-state index contributed by atoms with van der Waals surface area (Å²) < 4.78 is 6.70. The van der Waals surface area contributed by atoms with E-state index in [4.69, 9.17) is 4.74 Å². The Labute approximate surface area is 149 Å². The molecule has 2 aromatic carbocycles. The number of para-hydroxylation sites is 1. The quantitative estimate of drug-likeness (QED) is 0.614. The molecule has 4 rings (SSSR count). The van der Waals surface area contributed by atoms with Crippen molar-refractivity contribution in [3.8, 4) is 28.3 Å². The summed E-state index contributed by atoms with van der Waals surface area (Å²) in [6.07, 6.45) is 1.60. The van der Waals surface area contributed by atoms with Gasteiger partial charge in [-0.3, -0.25) is 9.36 Å². The number of hydrogen-bond donors (Lipinski definition) is 1. The van der Waals surface area contributed by atoms with Crippen molar-refractivity contribution in [1.82, 2.24) is 9.55 Å². The second-order valence-corrected chi connectivity index (χ2v) is 5.80. The molecule has 0 fully saturated rings. The molecule has 1 N–H and O–H groups in total. The fourth-order valence-corrected chi connectivity index (χ4v) is 3.04. The molecule has 2 heterocycles. The minimum atomic E-state index is -0.329. The van der Waals surface area contributed by atoms with Crippen LogP contribution in [0.1, 0.15) is 0 Å². The molecule has 0 aliphatic heterocycles. The summed E-state index contributed by atoms with van der Waals surface area (Å²) in [4.78, 5) is 17.6. The minimum Gasteiger partial charge on any atom is -0.506 e. The van der Waals surface area contributed by atoms with E-state index in [0.717, 1.165) is 0 Å². The number of nitrogens with zero attached hydrogens (tertiary/aromatic N) is 2. The summed E-state index contributed by atoms with van der Waals surface area (Å²) >= 11 is 0. The van der Waals surface area contributed by atoms with Crippen molar-refractivity contribution in [3.63, 3.8) is 0 Å². The maximum Gasteiger partial charge on any atom is 0.268 e. The minimum absolute atomic E-state index is 0.0737. The van der Waals surface area contributed by atoms with Crippen molar-refractivity contribution >= 4 is 11.0 Å². The second kappa shape index (κ2) is 6.37. The molecule has 5 nitrogen and oxygen atoms in total. The van der Waals surface area contributed by atoms with E-state index in [1.165, 1.54) is 4.57 Å². The summed E-state index contributed by atoms with van der Waals surface area (Å²) in [5.74, 6) is 0.606. The number of hydrogen-bond acceptors (Lipinski definition) is 4. The molecule has 0 spiro atoms. The molecule has 128 valence electrons. The Morgan fingerprint density at radius 2 is 1.69 bits per heavy atom.